The van der Waals surface area contributed by atoms with Gasteiger partial charge in [-0.1, -0.05) is 0 Å². The highest BCUT2D eigenvalue weighted by Gasteiger charge is 1.87. The van der Waals surface area contributed by atoms with Gasteiger partial charge in [0.25, 0.3) is 0 Å². The van der Waals surface area contributed by atoms with Crippen molar-refractivity contribution in [2.45, 2.75) is 6.42 Å². The molecule has 0 aliphatic rings. The van der Waals surface area contributed by atoms with Crippen LogP contribution in [0, 0.1) is 0 Å². The molecule has 0 spiro atoms. The van der Waals surface area contributed by atoms with Gasteiger partial charge in [0, 0.05) is 20.2 Å². The van der Waals surface area contributed by atoms with Gasteiger partial charge in [-0.15, -0.1) is 0 Å². The Hall–Kier alpha value is -0.350. The van der Waals surface area contributed by atoms with Crippen LogP contribution in [0.15, 0.2) is 0 Å². The first-order valence-electron chi connectivity index (χ1n) is 2.87. The van der Waals surface area contributed by atoms with E-state index >= 15 is 0 Å². The molecule has 0 rings (SSSR count). The van der Waals surface area contributed by atoms with Crippen LogP contribution in [-0.2, 0) is 0 Å². The van der Waals surface area contributed by atoms with Crippen molar-refractivity contribution in [1.29, 1.82) is 0 Å². The number of aliphatic hydroxyl groups is 1. The molecule has 0 saturated carbocycles. The van der Waals surface area contributed by atoms with Crippen molar-refractivity contribution in [3.63, 3.8) is 0 Å². The average molecular weight is 148 g/mol. The topological polar surface area (TPSA) is 44.3 Å². The Labute approximate surface area is 60.5 Å². The Morgan fingerprint density at radius 1 is 1.67 bits per heavy atom. The number of rotatable bonds is 3. The molecule has 4 heteroatoms. The third-order valence-corrected chi connectivity index (χ3v) is 1.20. The van der Waals surface area contributed by atoms with E-state index in [2.05, 4.69) is 10.6 Å². The van der Waals surface area contributed by atoms with Gasteiger partial charge >= 0.3 is 0 Å². The molecule has 0 aromatic carbocycles. The maximum absolute atomic E-state index is 8.35. The summed E-state index contributed by atoms with van der Waals surface area (Å²) in [5.74, 6) is 0. The van der Waals surface area contributed by atoms with Crippen LogP contribution in [0.25, 0.3) is 0 Å². The fraction of sp³-hybridized carbons (Fsp3) is 0.800. The number of hydrogen-bond acceptors (Lipinski definition) is 2. The van der Waals surface area contributed by atoms with Crippen LogP contribution in [-0.4, -0.2) is 30.4 Å². The molecular weight excluding hydrogens is 136 g/mol. The summed E-state index contributed by atoms with van der Waals surface area (Å²) in [5.41, 5.74) is 0. The molecule has 3 nitrogen and oxygen atoms in total. The zero-order valence-corrected chi connectivity index (χ0v) is 6.29. The molecule has 0 atom stereocenters. The SMILES string of the molecule is CNC(=S)NCCCO. The van der Waals surface area contributed by atoms with Gasteiger partial charge < -0.3 is 15.7 Å². The minimum absolute atomic E-state index is 0.208. The predicted molar refractivity (Wildman–Crippen MR) is 41.4 cm³/mol. The molecule has 0 radical (unpaired) electrons. The van der Waals surface area contributed by atoms with Crippen LogP contribution in [0.1, 0.15) is 6.42 Å². The van der Waals surface area contributed by atoms with Crippen molar-refractivity contribution in [3.8, 4) is 0 Å². The van der Waals surface area contributed by atoms with Crippen LogP contribution in [0.2, 0.25) is 0 Å². The summed E-state index contributed by atoms with van der Waals surface area (Å²) in [6.07, 6.45) is 0.738. The van der Waals surface area contributed by atoms with E-state index in [1.165, 1.54) is 0 Å². The molecule has 0 heterocycles. The molecule has 0 bridgehead atoms. The second kappa shape index (κ2) is 5.78. The molecule has 0 amide bonds. The van der Waals surface area contributed by atoms with E-state index in [4.69, 9.17) is 17.3 Å². The summed E-state index contributed by atoms with van der Waals surface area (Å²) in [6, 6.07) is 0. The minimum Gasteiger partial charge on any atom is -0.396 e. The molecule has 9 heavy (non-hydrogen) atoms. The Bertz CT molecular complexity index is 87.0. The molecule has 0 fully saturated rings. The smallest absolute Gasteiger partial charge is 0.166 e. The fourth-order valence-corrected chi connectivity index (χ4v) is 0.471. The van der Waals surface area contributed by atoms with Crippen molar-refractivity contribution < 1.29 is 5.11 Å². The van der Waals surface area contributed by atoms with Crippen molar-refractivity contribution in [3.05, 3.63) is 0 Å². The minimum atomic E-state index is 0.208. The molecule has 0 aromatic heterocycles. The highest BCUT2D eigenvalue weighted by atomic mass is 32.1. The summed E-state index contributed by atoms with van der Waals surface area (Å²) in [4.78, 5) is 0. The van der Waals surface area contributed by atoms with Crippen molar-refractivity contribution in [1.82, 2.24) is 10.6 Å². The normalized spacial score (nSPS) is 8.67. The van der Waals surface area contributed by atoms with Crippen LogP contribution in [0.4, 0.5) is 0 Å². The lowest BCUT2D eigenvalue weighted by Crippen LogP contribution is -2.33. The average Bonchev–Trinajstić information content (AvgIpc) is 1.89. The lowest BCUT2D eigenvalue weighted by atomic mass is 10.5. The Kier molecular flexibility index (Phi) is 5.56. The third kappa shape index (κ3) is 5.52. The molecule has 3 N–H and O–H groups in total. The monoisotopic (exact) mass is 148 g/mol. The largest absolute Gasteiger partial charge is 0.396 e. The highest BCUT2D eigenvalue weighted by Crippen LogP contribution is 1.71. The van der Waals surface area contributed by atoms with E-state index in [1.807, 2.05) is 0 Å². The number of thiocarbonyl (C=S) groups is 1. The van der Waals surface area contributed by atoms with E-state index < -0.39 is 0 Å². The van der Waals surface area contributed by atoms with Crippen LogP contribution in [0.3, 0.4) is 0 Å². The van der Waals surface area contributed by atoms with Gasteiger partial charge in [-0.3, -0.25) is 0 Å². The van der Waals surface area contributed by atoms with E-state index in [-0.39, 0.29) is 6.61 Å². The van der Waals surface area contributed by atoms with Gasteiger partial charge in [-0.25, -0.2) is 0 Å². The first-order valence-corrected chi connectivity index (χ1v) is 3.28. The van der Waals surface area contributed by atoms with Crippen LogP contribution < -0.4 is 10.6 Å². The summed E-state index contributed by atoms with van der Waals surface area (Å²) in [6.45, 7) is 0.940. The molecule has 54 valence electrons. The molecule has 0 aliphatic carbocycles. The zero-order chi connectivity index (χ0) is 7.11. The number of aliphatic hydroxyl groups excluding tert-OH is 1. The summed E-state index contributed by atoms with van der Waals surface area (Å²) < 4.78 is 0. The maximum Gasteiger partial charge on any atom is 0.166 e. The number of nitrogens with one attached hydrogen (secondary N) is 2. The Morgan fingerprint density at radius 3 is 2.78 bits per heavy atom. The first-order chi connectivity index (χ1) is 4.31. The summed E-state index contributed by atoms with van der Waals surface area (Å²) in [7, 11) is 1.76. The van der Waals surface area contributed by atoms with Gasteiger partial charge in [-0.05, 0) is 18.6 Å². The van der Waals surface area contributed by atoms with Gasteiger partial charge in [0.05, 0.1) is 0 Å². The second-order valence-electron chi connectivity index (χ2n) is 1.58. The lowest BCUT2D eigenvalue weighted by molar-refractivity contribution is 0.289. The van der Waals surface area contributed by atoms with E-state index in [9.17, 15) is 0 Å². The van der Waals surface area contributed by atoms with Crippen molar-refractivity contribution in [2.24, 2.45) is 0 Å². The van der Waals surface area contributed by atoms with Crippen LogP contribution >= 0.6 is 12.2 Å². The van der Waals surface area contributed by atoms with Gasteiger partial charge in [0.15, 0.2) is 5.11 Å². The first kappa shape index (κ1) is 8.65. The molecular formula is C5H12N2OS. The zero-order valence-electron chi connectivity index (χ0n) is 5.48. The fourth-order valence-electron chi connectivity index (χ4n) is 0.369. The van der Waals surface area contributed by atoms with Crippen molar-refractivity contribution >= 4 is 17.3 Å². The standard InChI is InChI=1S/C5H12N2OS/c1-6-5(9)7-3-2-4-8/h8H,2-4H2,1H3,(H2,6,7,9). The summed E-state index contributed by atoms with van der Waals surface area (Å²) >= 11 is 4.76. The van der Waals surface area contributed by atoms with E-state index in [0.717, 1.165) is 13.0 Å². The van der Waals surface area contributed by atoms with Gasteiger partial charge in [-0.2, -0.15) is 0 Å². The second-order valence-corrected chi connectivity index (χ2v) is 1.99. The van der Waals surface area contributed by atoms with E-state index in [1.54, 1.807) is 7.05 Å². The van der Waals surface area contributed by atoms with Crippen molar-refractivity contribution in [2.75, 3.05) is 20.2 Å². The van der Waals surface area contributed by atoms with E-state index in [0.29, 0.717) is 5.11 Å². The Balaban J connectivity index is 2.97. The maximum atomic E-state index is 8.35. The van der Waals surface area contributed by atoms with Gasteiger partial charge in [0.2, 0.25) is 0 Å². The van der Waals surface area contributed by atoms with Gasteiger partial charge in [0.1, 0.15) is 0 Å². The highest BCUT2D eigenvalue weighted by molar-refractivity contribution is 7.80. The predicted octanol–water partition coefficient (Wildman–Crippen LogP) is -0.537. The lowest BCUT2D eigenvalue weighted by Gasteiger charge is -2.03. The quantitative estimate of drug-likeness (QED) is 0.371. The summed E-state index contributed by atoms with van der Waals surface area (Å²) in [5, 5.41) is 14.6. The Morgan fingerprint density at radius 2 is 2.33 bits per heavy atom. The third-order valence-electron chi connectivity index (χ3n) is 0.848. The molecule has 0 unspecified atom stereocenters. The molecule has 0 aliphatic heterocycles. The number of hydrogen-bond donors (Lipinski definition) is 3. The molecule has 0 aromatic rings. The molecule has 0 saturated heterocycles. The van der Waals surface area contributed by atoms with Crippen LogP contribution in [0.5, 0.6) is 0 Å².